The van der Waals surface area contributed by atoms with Gasteiger partial charge in [0.15, 0.2) is 0 Å². The van der Waals surface area contributed by atoms with Gasteiger partial charge in [-0.15, -0.1) is 0 Å². The molecule has 0 fully saturated rings. The van der Waals surface area contributed by atoms with E-state index in [2.05, 4.69) is 4.74 Å². The Bertz CT molecular complexity index is 102. The summed E-state index contributed by atoms with van der Waals surface area (Å²) < 4.78 is 4.65. The molecule has 0 aromatic rings. The molecule has 0 spiro atoms. The molecular weight excluding hydrogens is 142 g/mol. The van der Waals surface area contributed by atoms with E-state index in [1.54, 1.807) is 0 Å². The van der Waals surface area contributed by atoms with Crippen LogP contribution in [0, 0.1) is 5.92 Å². The lowest BCUT2D eigenvalue weighted by atomic mass is 10.1. The number of amides is 1. The molecule has 0 aromatic carbocycles. The molecule has 0 aliphatic heterocycles. The Morgan fingerprint density at radius 2 is 1.64 bits per heavy atom. The standard InChI is InChI=1S/C6H13NO2.C2H6/c1-4(2)5(3)9-6(7)8;1-2/h4-5H,1-3H3,(H2,7,8);1-2H3/t5-;/m0./s1. The number of rotatable bonds is 2. The van der Waals surface area contributed by atoms with Crippen LogP contribution in [0.5, 0.6) is 0 Å². The van der Waals surface area contributed by atoms with Crippen molar-refractivity contribution in [1.82, 2.24) is 0 Å². The van der Waals surface area contributed by atoms with Gasteiger partial charge in [0.2, 0.25) is 0 Å². The minimum Gasteiger partial charge on any atom is -0.446 e. The van der Waals surface area contributed by atoms with Gasteiger partial charge in [-0.05, 0) is 12.8 Å². The van der Waals surface area contributed by atoms with Gasteiger partial charge in [0.05, 0.1) is 0 Å². The molecule has 0 radical (unpaired) electrons. The summed E-state index contributed by atoms with van der Waals surface area (Å²) in [6.07, 6.45) is -0.779. The van der Waals surface area contributed by atoms with E-state index in [1.165, 1.54) is 0 Å². The van der Waals surface area contributed by atoms with Crippen molar-refractivity contribution in [3.63, 3.8) is 0 Å². The molecular formula is C8H19NO2. The molecule has 68 valence electrons. The van der Waals surface area contributed by atoms with Gasteiger partial charge in [-0.1, -0.05) is 27.7 Å². The van der Waals surface area contributed by atoms with Gasteiger partial charge < -0.3 is 10.5 Å². The Hall–Kier alpha value is -0.730. The SMILES string of the molecule is CC.CC(C)[C@H](C)OC(N)=O. The van der Waals surface area contributed by atoms with E-state index >= 15 is 0 Å². The molecule has 0 saturated heterocycles. The number of carbonyl (C=O) groups excluding carboxylic acids is 1. The summed E-state index contributed by atoms with van der Waals surface area (Å²) in [5, 5.41) is 0. The first-order chi connectivity index (χ1) is 5.04. The largest absolute Gasteiger partial charge is 0.446 e. The average Bonchev–Trinajstić information content (AvgIpc) is 1.90. The van der Waals surface area contributed by atoms with Gasteiger partial charge in [-0.3, -0.25) is 0 Å². The van der Waals surface area contributed by atoms with Crippen molar-refractivity contribution in [2.24, 2.45) is 11.7 Å². The topological polar surface area (TPSA) is 52.3 Å². The molecule has 0 aromatic heterocycles. The van der Waals surface area contributed by atoms with Crippen molar-refractivity contribution in [2.45, 2.75) is 40.7 Å². The Morgan fingerprint density at radius 3 is 1.73 bits per heavy atom. The summed E-state index contributed by atoms with van der Waals surface area (Å²) in [4.78, 5) is 10.1. The van der Waals surface area contributed by atoms with E-state index in [4.69, 9.17) is 5.73 Å². The van der Waals surface area contributed by atoms with Gasteiger partial charge in [0, 0.05) is 0 Å². The highest BCUT2D eigenvalue weighted by Crippen LogP contribution is 2.03. The summed E-state index contributed by atoms with van der Waals surface area (Å²) in [6, 6.07) is 0. The van der Waals surface area contributed by atoms with Crippen LogP contribution in [-0.2, 0) is 4.74 Å². The molecule has 1 atom stereocenters. The van der Waals surface area contributed by atoms with E-state index in [0.29, 0.717) is 5.92 Å². The maximum absolute atomic E-state index is 10.1. The molecule has 3 nitrogen and oxygen atoms in total. The van der Waals surface area contributed by atoms with Gasteiger partial charge in [0.1, 0.15) is 6.10 Å². The Kier molecular flexibility index (Phi) is 8.65. The molecule has 11 heavy (non-hydrogen) atoms. The lowest BCUT2D eigenvalue weighted by molar-refractivity contribution is 0.0902. The highest BCUT2D eigenvalue weighted by atomic mass is 16.6. The fourth-order valence-electron chi connectivity index (χ4n) is 0.319. The molecule has 0 saturated carbocycles. The van der Waals surface area contributed by atoms with Gasteiger partial charge in [-0.25, -0.2) is 4.79 Å². The Balaban J connectivity index is 0. The van der Waals surface area contributed by atoms with Crippen LogP contribution in [0.1, 0.15) is 34.6 Å². The zero-order chi connectivity index (χ0) is 9.44. The summed E-state index contributed by atoms with van der Waals surface area (Å²) in [5.41, 5.74) is 4.77. The molecule has 0 rings (SSSR count). The van der Waals surface area contributed by atoms with Crippen LogP contribution in [-0.4, -0.2) is 12.2 Å². The first-order valence-electron chi connectivity index (χ1n) is 4.00. The maximum atomic E-state index is 10.1. The van der Waals surface area contributed by atoms with E-state index in [1.807, 2.05) is 34.6 Å². The minimum absolute atomic E-state index is 0.0810. The van der Waals surface area contributed by atoms with Crippen molar-refractivity contribution in [1.29, 1.82) is 0 Å². The molecule has 3 heteroatoms. The second-order valence-electron chi connectivity index (χ2n) is 2.39. The smallest absolute Gasteiger partial charge is 0.404 e. The van der Waals surface area contributed by atoms with Crippen LogP contribution < -0.4 is 5.73 Å². The summed E-state index contributed by atoms with van der Waals surface area (Å²) in [5.74, 6) is 0.331. The highest BCUT2D eigenvalue weighted by molar-refractivity contribution is 5.64. The number of ether oxygens (including phenoxy) is 1. The van der Waals surface area contributed by atoms with Gasteiger partial charge >= 0.3 is 6.09 Å². The zero-order valence-electron chi connectivity index (χ0n) is 8.05. The first kappa shape index (κ1) is 12.9. The fraction of sp³-hybridized carbons (Fsp3) is 0.875. The fourth-order valence-corrected chi connectivity index (χ4v) is 0.319. The number of carbonyl (C=O) groups is 1. The van der Waals surface area contributed by atoms with E-state index in [9.17, 15) is 4.79 Å². The summed E-state index contributed by atoms with van der Waals surface area (Å²) >= 11 is 0. The second kappa shape index (κ2) is 7.38. The molecule has 0 bridgehead atoms. The summed E-state index contributed by atoms with van der Waals surface area (Å²) in [7, 11) is 0. The van der Waals surface area contributed by atoms with Crippen LogP contribution in [0.25, 0.3) is 0 Å². The molecule has 1 amide bonds. The first-order valence-corrected chi connectivity index (χ1v) is 4.00. The lowest BCUT2D eigenvalue weighted by Gasteiger charge is -2.13. The zero-order valence-corrected chi connectivity index (χ0v) is 8.05. The maximum Gasteiger partial charge on any atom is 0.404 e. The van der Waals surface area contributed by atoms with Crippen LogP contribution in [0.4, 0.5) is 4.79 Å². The van der Waals surface area contributed by atoms with Crippen molar-refractivity contribution in [3.05, 3.63) is 0 Å². The highest BCUT2D eigenvalue weighted by Gasteiger charge is 2.08. The van der Waals surface area contributed by atoms with Crippen LogP contribution in [0.15, 0.2) is 0 Å². The monoisotopic (exact) mass is 161 g/mol. The number of hydrogen-bond acceptors (Lipinski definition) is 2. The second-order valence-corrected chi connectivity index (χ2v) is 2.39. The Morgan fingerprint density at radius 1 is 1.27 bits per heavy atom. The number of nitrogens with two attached hydrogens (primary N) is 1. The van der Waals surface area contributed by atoms with Crippen molar-refractivity contribution < 1.29 is 9.53 Å². The molecule has 2 N–H and O–H groups in total. The third-order valence-corrected chi connectivity index (χ3v) is 1.24. The van der Waals surface area contributed by atoms with Gasteiger partial charge in [0.25, 0.3) is 0 Å². The number of hydrogen-bond donors (Lipinski definition) is 1. The van der Waals surface area contributed by atoms with Gasteiger partial charge in [-0.2, -0.15) is 0 Å². The predicted octanol–water partition coefficient (Wildman–Crippen LogP) is 2.15. The van der Waals surface area contributed by atoms with Crippen molar-refractivity contribution in [2.75, 3.05) is 0 Å². The van der Waals surface area contributed by atoms with Crippen LogP contribution in [0.2, 0.25) is 0 Å². The third-order valence-electron chi connectivity index (χ3n) is 1.24. The molecule has 0 unspecified atom stereocenters. The van der Waals surface area contributed by atoms with E-state index < -0.39 is 6.09 Å². The quantitative estimate of drug-likeness (QED) is 0.674. The molecule has 0 heterocycles. The predicted molar refractivity (Wildman–Crippen MR) is 46.3 cm³/mol. The Labute approximate surface area is 68.9 Å². The normalized spacial score (nSPS) is 11.5. The van der Waals surface area contributed by atoms with Crippen LogP contribution >= 0.6 is 0 Å². The van der Waals surface area contributed by atoms with Crippen LogP contribution in [0.3, 0.4) is 0 Å². The van der Waals surface area contributed by atoms with Crippen molar-refractivity contribution >= 4 is 6.09 Å². The summed E-state index contributed by atoms with van der Waals surface area (Å²) in [6.45, 7) is 9.75. The average molecular weight is 161 g/mol. The third kappa shape index (κ3) is 9.27. The van der Waals surface area contributed by atoms with Crippen molar-refractivity contribution in [3.8, 4) is 0 Å². The molecule has 0 aliphatic carbocycles. The van der Waals surface area contributed by atoms with E-state index in [-0.39, 0.29) is 6.10 Å². The lowest BCUT2D eigenvalue weighted by Crippen LogP contribution is -2.24. The minimum atomic E-state index is -0.698. The number of primary amides is 1. The van der Waals surface area contributed by atoms with E-state index in [0.717, 1.165) is 0 Å². The molecule has 0 aliphatic rings.